The molecule has 2 aliphatic rings. The van der Waals surface area contributed by atoms with Gasteiger partial charge < -0.3 is 19.5 Å². The highest BCUT2D eigenvalue weighted by Crippen LogP contribution is 2.27. The van der Waals surface area contributed by atoms with E-state index in [2.05, 4.69) is 14.9 Å². The van der Waals surface area contributed by atoms with Crippen LogP contribution in [0.4, 0.5) is 0 Å². The lowest BCUT2D eigenvalue weighted by atomic mass is 10.1. The van der Waals surface area contributed by atoms with Crippen molar-refractivity contribution in [2.24, 2.45) is 4.99 Å². The summed E-state index contributed by atoms with van der Waals surface area (Å²) in [4.78, 5) is 36.7. The van der Waals surface area contributed by atoms with E-state index in [4.69, 9.17) is 16.3 Å². The average Bonchev–Trinajstić information content (AvgIpc) is 3.51. The molecule has 5 rings (SSSR count). The number of esters is 1. The molecule has 1 saturated heterocycles. The van der Waals surface area contributed by atoms with Crippen LogP contribution in [-0.2, 0) is 30.9 Å². The van der Waals surface area contributed by atoms with Crippen molar-refractivity contribution in [3.63, 3.8) is 0 Å². The van der Waals surface area contributed by atoms with E-state index in [1.165, 1.54) is 18.1 Å². The van der Waals surface area contributed by atoms with Crippen molar-refractivity contribution in [1.29, 1.82) is 0 Å². The van der Waals surface area contributed by atoms with Gasteiger partial charge in [-0.3, -0.25) is 9.79 Å². The van der Waals surface area contributed by atoms with E-state index in [0.29, 0.717) is 15.9 Å². The Bertz CT molecular complexity index is 1500. The molecule has 1 amide bonds. The number of ether oxygens (including phenoxy) is 1. The molecule has 1 aromatic heterocycles. The highest BCUT2D eigenvalue weighted by molar-refractivity contribution is 7.89. The molecule has 194 valence electrons. The Kier molecular flexibility index (Phi) is 6.69. The summed E-state index contributed by atoms with van der Waals surface area (Å²) in [6.45, 7) is 1.14. The van der Waals surface area contributed by atoms with Crippen LogP contribution in [0.3, 0.4) is 0 Å². The number of rotatable bonds is 6. The minimum atomic E-state index is -4.10. The number of aromatic amines is 1. The number of hydrogen-bond donors (Lipinski definition) is 1. The van der Waals surface area contributed by atoms with Gasteiger partial charge in [0.1, 0.15) is 16.9 Å². The maximum absolute atomic E-state index is 13.4. The van der Waals surface area contributed by atoms with Crippen molar-refractivity contribution in [3.8, 4) is 0 Å². The minimum absolute atomic E-state index is 0.0787. The molecule has 1 N–H and O–H groups in total. The summed E-state index contributed by atoms with van der Waals surface area (Å²) < 4.78 is 32.8. The lowest BCUT2D eigenvalue weighted by Crippen LogP contribution is -2.60. The molecule has 0 aliphatic carbocycles. The fraction of sp³-hybridized carbons (Fsp3) is 0.320. The van der Waals surface area contributed by atoms with Crippen molar-refractivity contribution in [3.05, 3.63) is 64.7 Å². The number of likely N-dealkylation sites (N-methyl/N-ethyl adjacent to an activating group) is 1. The van der Waals surface area contributed by atoms with Gasteiger partial charge in [-0.15, -0.1) is 0 Å². The number of fused-ring (bicyclic) bond motifs is 1. The molecule has 37 heavy (non-hydrogen) atoms. The quantitative estimate of drug-likeness (QED) is 0.476. The summed E-state index contributed by atoms with van der Waals surface area (Å²) >= 11 is 6.03. The predicted octanol–water partition coefficient (Wildman–Crippen LogP) is 2.09. The summed E-state index contributed by atoms with van der Waals surface area (Å²) in [6, 6.07) is 13.0. The number of methoxy groups -OCH3 is 1. The van der Waals surface area contributed by atoms with Gasteiger partial charge in [-0.25, -0.2) is 13.2 Å². The fourth-order valence-corrected chi connectivity index (χ4v) is 6.24. The van der Waals surface area contributed by atoms with E-state index in [0.717, 1.165) is 34.4 Å². The summed E-state index contributed by atoms with van der Waals surface area (Å²) in [5.74, 6) is -0.267. The van der Waals surface area contributed by atoms with Gasteiger partial charge in [-0.05, 0) is 29.8 Å². The number of aliphatic imine (C=N–C) groups is 1. The molecule has 0 saturated carbocycles. The number of halogens is 1. The van der Waals surface area contributed by atoms with Gasteiger partial charge in [0, 0.05) is 48.2 Å². The van der Waals surface area contributed by atoms with Gasteiger partial charge in [-0.1, -0.05) is 35.9 Å². The summed E-state index contributed by atoms with van der Waals surface area (Å²) in [5.41, 5.74) is 2.36. The number of amidine groups is 1. The number of carbonyl (C=O) groups excluding carboxylic acids is 2. The molecule has 0 bridgehead atoms. The second-order valence-electron chi connectivity index (χ2n) is 9.05. The van der Waals surface area contributed by atoms with Crippen molar-refractivity contribution in [2.45, 2.75) is 17.6 Å². The second kappa shape index (κ2) is 9.81. The third-order valence-electron chi connectivity index (χ3n) is 6.66. The maximum Gasteiger partial charge on any atom is 0.329 e. The van der Waals surface area contributed by atoms with Crippen LogP contribution in [0.15, 0.2) is 58.5 Å². The Morgan fingerprint density at radius 3 is 2.62 bits per heavy atom. The zero-order valence-corrected chi connectivity index (χ0v) is 21.9. The van der Waals surface area contributed by atoms with Crippen molar-refractivity contribution >= 4 is 50.2 Å². The van der Waals surface area contributed by atoms with E-state index < -0.39 is 34.5 Å². The molecule has 1 fully saturated rings. The van der Waals surface area contributed by atoms with Crippen molar-refractivity contribution in [1.82, 2.24) is 19.1 Å². The van der Waals surface area contributed by atoms with Crippen LogP contribution in [0.1, 0.15) is 11.1 Å². The largest absolute Gasteiger partial charge is 0.467 e. The molecule has 3 aromatic rings. The lowest BCUT2D eigenvalue weighted by molar-refractivity contribution is -0.157. The highest BCUT2D eigenvalue weighted by Gasteiger charge is 2.42. The number of sulfonamides is 1. The van der Waals surface area contributed by atoms with Gasteiger partial charge in [0.25, 0.3) is 10.0 Å². The number of aromatic nitrogens is 1. The Morgan fingerprint density at radius 2 is 1.95 bits per heavy atom. The van der Waals surface area contributed by atoms with Gasteiger partial charge >= 0.3 is 5.97 Å². The van der Waals surface area contributed by atoms with Crippen molar-refractivity contribution < 1.29 is 22.7 Å². The Hall–Kier alpha value is -3.41. The molecule has 3 heterocycles. The zero-order valence-electron chi connectivity index (χ0n) is 20.3. The van der Waals surface area contributed by atoms with Crippen LogP contribution in [0.25, 0.3) is 10.9 Å². The van der Waals surface area contributed by atoms with E-state index in [1.54, 1.807) is 18.2 Å². The first-order valence-corrected chi connectivity index (χ1v) is 13.5. The number of amides is 1. The second-order valence-corrected chi connectivity index (χ2v) is 11.4. The van der Waals surface area contributed by atoms with Crippen LogP contribution in [0, 0.1) is 0 Å². The first-order valence-electron chi connectivity index (χ1n) is 11.7. The van der Waals surface area contributed by atoms with E-state index in [1.807, 2.05) is 31.3 Å². The van der Waals surface area contributed by atoms with Gasteiger partial charge in [0.05, 0.1) is 20.2 Å². The molecule has 10 nitrogen and oxygen atoms in total. The molecule has 2 aliphatic heterocycles. The molecule has 0 unspecified atom stereocenters. The van der Waals surface area contributed by atoms with Gasteiger partial charge in [0.2, 0.25) is 5.91 Å². The smallest absolute Gasteiger partial charge is 0.329 e. The standard InChI is InChI=1S/C25H26ClN5O5S/c1-29-10-9-27-24(29)17-5-3-16(4-6-17)13-31-21(25(33)36-2)14-30(15-23(31)32)37(34,35)22-12-18-11-19(26)7-8-20(18)28-22/h3-8,11-12,21,28H,9-10,13-15H2,1-2H3/t21-/m1/s1. The molecule has 0 spiro atoms. The minimum Gasteiger partial charge on any atom is -0.467 e. The summed E-state index contributed by atoms with van der Waals surface area (Å²) in [6.07, 6.45) is 0. The van der Waals surface area contributed by atoms with E-state index >= 15 is 0 Å². The Labute approximate surface area is 219 Å². The predicted molar refractivity (Wildman–Crippen MR) is 139 cm³/mol. The molecule has 12 heteroatoms. The van der Waals surface area contributed by atoms with Crippen molar-refractivity contribution in [2.75, 3.05) is 40.3 Å². The van der Waals surface area contributed by atoms with Crippen LogP contribution >= 0.6 is 11.6 Å². The molecular formula is C25H26ClN5O5S. The zero-order chi connectivity index (χ0) is 26.3. The fourth-order valence-electron chi connectivity index (χ4n) is 4.65. The average molecular weight is 544 g/mol. The molecule has 0 radical (unpaired) electrons. The topological polar surface area (TPSA) is 115 Å². The van der Waals surface area contributed by atoms with Crippen LogP contribution < -0.4 is 0 Å². The van der Waals surface area contributed by atoms with Crippen LogP contribution in [-0.4, -0.2) is 91.6 Å². The normalized spacial score (nSPS) is 18.9. The van der Waals surface area contributed by atoms with Crippen LogP contribution in [0.2, 0.25) is 5.02 Å². The Balaban J connectivity index is 1.38. The molecule has 2 aromatic carbocycles. The van der Waals surface area contributed by atoms with E-state index in [9.17, 15) is 18.0 Å². The highest BCUT2D eigenvalue weighted by atomic mass is 35.5. The number of hydrogen-bond acceptors (Lipinski definition) is 7. The first kappa shape index (κ1) is 25.2. The monoisotopic (exact) mass is 543 g/mol. The van der Waals surface area contributed by atoms with Gasteiger partial charge in [-0.2, -0.15) is 4.31 Å². The first-order chi connectivity index (χ1) is 17.7. The molecular weight excluding hydrogens is 518 g/mol. The molecule has 1 atom stereocenters. The third-order valence-corrected chi connectivity index (χ3v) is 8.63. The number of nitrogens with zero attached hydrogens (tertiary/aromatic N) is 4. The summed E-state index contributed by atoms with van der Waals surface area (Å²) in [7, 11) is -0.900. The third kappa shape index (κ3) is 4.81. The SMILES string of the molecule is COC(=O)[C@H]1CN(S(=O)(=O)c2cc3cc(Cl)ccc3[nH]2)CC(=O)N1Cc1ccc(C2=NCCN2C)cc1. The number of nitrogens with one attached hydrogen (secondary N) is 1. The number of benzene rings is 2. The van der Waals surface area contributed by atoms with Gasteiger partial charge in [0.15, 0.2) is 0 Å². The number of H-pyrrole nitrogens is 1. The number of piperazine rings is 1. The summed E-state index contributed by atoms with van der Waals surface area (Å²) in [5, 5.41) is 1.02. The lowest BCUT2D eigenvalue weighted by Gasteiger charge is -2.38. The van der Waals surface area contributed by atoms with Crippen LogP contribution in [0.5, 0.6) is 0 Å². The van der Waals surface area contributed by atoms with E-state index in [-0.39, 0.29) is 18.1 Å². The number of carbonyl (C=O) groups is 2. The Morgan fingerprint density at radius 1 is 1.19 bits per heavy atom. The maximum atomic E-state index is 13.4.